The number of hydrogen-bond acceptors (Lipinski definition) is 5. The lowest BCUT2D eigenvalue weighted by Gasteiger charge is -2.37. The number of rotatable bonds is 5. The zero-order valence-corrected chi connectivity index (χ0v) is 12.4. The van der Waals surface area contributed by atoms with Crippen LogP contribution in [0.1, 0.15) is 13.0 Å². The molecule has 1 aromatic carbocycles. The fourth-order valence-corrected chi connectivity index (χ4v) is 3.73. The molecule has 0 amide bonds. The predicted octanol–water partition coefficient (Wildman–Crippen LogP) is 0.922. The van der Waals surface area contributed by atoms with Crippen molar-refractivity contribution in [1.29, 1.82) is 0 Å². The molecule has 1 aliphatic heterocycles. The van der Waals surface area contributed by atoms with Crippen molar-refractivity contribution in [2.45, 2.75) is 17.9 Å². The molecule has 0 bridgehead atoms. The number of aromatic nitrogens is 3. The molecule has 1 aliphatic rings. The van der Waals surface area contributed by atoms with E-state index >= 15 is 0 Å². The number of ether oxygens (including phenoxy) is 1. The second-order valence-corrected chi connectivity index (χ2v) is 6.70. The van der Waals surface area contributed by atoms with Gasteiger partial charge in [-0.3, -0.25) is 0 Å². The summed E-state index contributed by atoms with van der Waals surface area (Å²) >= 11 is 0. The van der Waals surface area contributed by atoms with Crippen molar-refractivity contribution in [3.63, 3.8) is 0 Å². The summed E-state index contributed by atoms with van der Waals surface area (Å²) in [5, 5.41) is 7.62. The number of sulfonamides is 1. The second kappa shape index (κ2) is 5.45. The maximum absolute atomic E-state index is 12.4. The molecule has 1 aromatic heterocycles. The van der Waals surface area contributed by atoms with Crippen molar-refractivity contribution in [2.75, 3.05) is 19.7 Å². The Kier molecular flexibility index (Phi) is 3.64. The number of benzene rings is 1. The van der Waals surface area contributed by atoms with Gasteiger partial charge in [0.05, 0.1) is 23.7 Å². The molecule has 21 heavy (non-hydrogen) atoms. The average Bonchev–Trinajstić information content (AvgIpc) is 2.91. The molecule has 0 spiro atoms. The Morgan fingerprint density at radius 2 is 2.00 bits per heavy atom. The molecular weight excluding hydrogens is 292 g/mol. The van der Waals surface area contributed by atoms with Crippen molar-refractivity contribution in [3.8, 4) is 5.75 Å². The van der Waals surface area contributed by atoms with Gasteiger partial charge in [0.15, 0.2) is 0 Å². The van der Waals surface area contributed by atoms with E-state index < -0.39 is 10.0 Å². The van der Waals surface area contributed by atoms with Crippen LogP contribution in [0.5, 0.6) is 5.75 Å². The van der Waals surface area contributed by atoms with Gasteiger partial charge < -0.3 is 4.74 Å². The summed E-state index contributed by atoms with van der Waals surface area (Å²) < 4.78 is 33.3. The molecule has 0 aliphatic carbocycles. The Hall–Kier alpha value is -1.93. The SMILES string of the molecule is CCOc1ccc(S(=O)(=O)N2CC(n3ccnn3)C2)cc1. The molecule has 2 heterocycles. The van der Waals surface area contributed by atoms with E-state index in [-0.39, 0.29) is 10.9 Å². The van der Waals surface area contributed by atoms with E-state index in [4.69, 9.17) is 4.74 Å². The topological polar surface area (TPSA) is 77.3 Å². The first-order valence-corrected chi connectivity index (χ1v) is 8.14. The highest BCUT2D eigenvalue weighted by Crippen LogP contribution is 2.28. The first-order valence-electron chi connectivity index (χ1n) is 6.70. The second-order valence-electron chi connectivity index (χ2n) is 4.76. The molecular formula is C13H16N4O3S. The highest BCUT2D eigenvalue weighted by Gasteiger charge is 2.38. The van der Waals surface area contributed by atoms with Crippen LogP contribution >= 0.6 is 0 Å². The van der Waals surface area contributed by atoms with E-state index in [9.17, 15) is 8.42 Å². The maximum Gasteiger partial charge on any atom is 0.243 e. The van der Waals surface area contributed by atoms with Crippen LogP contribution in [0.25, 0.3) is 0 Å². The molecule has 0 radical (unpaired) electrons. The minimum absolute atomic E-state index is 0.0602. The number of nitrogens with zero attached hydrogens (tertiary/aromatic N) is 4. The smallest absolute Gasteiger partial charge is 0.243 e. The summed E-state index contributed by atoms with van der Waals surface area (Å²) in [7, 11) is -3.44. The molecule has 1 fully saturated rings. The van der Waals surface area contributed by atoms with E-state index in [1.807, 2.05) is 6.92 Å². The standard InChI is InChI=1S/C13H16N4O3S/c1-2-20-12-3-5-13(6-4-12)21(18,19)16-9-11(10-16)17-8-7-14-15-17/h3-8,11H,2,9-10H2,1H3. The average molecular weight is 308 g/mol. The molecule has 3 rings (SSSR count). The van der Waals surface area contributed by atoms with Crippen LogP contribution in [-0.2, 0) is 10.0 Å². The molecule has 112 valence electrons. The van der Waals surface area contributed by atoms with Gasteiger partial charge >= 0.3 is 0 Å². The summed E-state index contributed by atoms with van der Waals surface area (Å²) in [5.41, 5.74) is 0. The van der Waals surface area contributed by atoms with Gasteiger partial charge in [-0.15, -0.1) is 5.10 Å². The first kappa shape index (κ1) is 14.0. The lowest BCUT2D eigenvalue weighted by molar-refractivity contribution is 0.189. The molecule has 1 saturated heterocycles. The van der Waals surface area contributed by atoms with Gasteiger partial charge in [0.1, 0.15) is 5.75 Å². The van der Waals surface area contributed by atoms with Crippen LogP contribution in [0.4, 0.5) is 0 Å². The summed E-state index contributed by atoms with van der Waals surface area (Å²) in [5.74, 6) is 0.667. The van der Waals surface area contributed by atoms with E-state index in [0.717, 1.165) is 0 Å². The summed E-state index contributed by atoms with van der Waals surface area (Å²) in [4.78, 5) is 0.281. The Labute approximate surface area is 123 Å². The lowest BCUT2D eigenvalue weighted by Crippen LogP contribution is -2.50. The van der Waals surface area contributed by atoms with Gasteiger partial charge in [0.25, 0.3) is 0 Å². The molecule has 0 N–H and O–H groups in total. The highest BCUT2D eigenvalue weighted by atomic mass is 32.2. The van der Waals surface area contributed by atoms with Gasteiger partial charge in [0.2, 0.25) is 10.0 Å². The largest absolute Gasteiger partial charge is 0.494 e. The third kappa shape index (κ3) is 2.64. The molecule has 0 saturated carbocycles. The van der Waals surface area contributed by atoms with Crippen LogP contribution in [0.15, 0.2) is 41.6 Å². The number of hydrogen-bond donors (Lipinski definition) is 0. The fourth-order valence-electron chi connectivity index (χ4n) is 2.22. The molecule has 7 nitrogen and oxygen atoms in total. The van der Waals surface area contributed by atoms with Crippen LogP contribution < -0.4 is 4.74 Å². The van der Waals surface area contributed by atoms with E-state index in [1.165, 1.54) is 4.31 Å². The zero-order chi connectivity index (χ0) is 14.9. The van der Waals surface area contributed by atoms with Crippen LogP contribution in [0.3, 0.4) is 0 Å². The monoisotopic (exact) mass is 308 g/mol. The molecule has 0 unspecified atom stereocenters. The summed E-state index contributed by atoms with van der Waals surface area (Å²) in [6.07, 6.45) is 3.33. The summed E-state index contributed by atoms with van der Waals surface area (Å²) in [6.45, 7) is 3.27. The van der Waals surface area contributed by atoms with Crippen LogP contribution in [-0.4, -0.2) is 47.4 Å². The van der Waals surface area contributed by atoms with Crippen molar-refractivity contribution >= 4 is 10.0 Å². The van der Waals surface area contributed by atoms with Gasteiger partial charge in [-0.05, 0) is 31.2 Å². The van der Waals surface area contributed by atoms with Crippen LogP contribution in [0.2, 0.25) is 0 Å². The van der Waals surface area contributed by atoms with Gasteiger partial charge in [-0.2, -0.15) is 4.31 Å². The van der Waals surface area contributed by atoms with Gasteiger partial charge in [-0.25, -0.2) is 13.1 Å². The third-order valence-corrected chi connectivity index (χ3v) is 5.26. The summed E-state index contributed by atoms with van der Waals surface area (Å²) in [6, 6.07) is 6.55. The Balaban J connectivity index is 1.70. The molecule has 8 heteroatoms. The zero-order valence-electron chi connectivity index (χ0n) is 11.6. The Bertz CT molecular complexity index is 692. The minimum Gasteiger partial charge on any atom is -0.494 e. The van der Waals surface area contributed by atoms with Crippen molar-refractivity contribution < 1.29 is 13.2 Å². The van der Waals surface area contributed by atoms with Gasteiger partial charge in [0, 0.05) is 19.3 Å². The van der Waals surface area contributed by atoms with Gasteiger partial charge in [-0.1, -0.05) is 5.21 Å². The van der Waals surface area contributed by atoms with Crippen LogP contribution in [0, 0.1) is 0 Å². The van der Waals surface area contributed by atoms with E-state index in [0.29, 0.717) is 25.4 Å². The van der Waals surface area contributed by atoms with Crippen molar-refractivity contribution in [3.05, 3.63) is 36.7 Å². The van der Waals surface area contributed by atoms with Crippen molar-refractivity contribution in [2.24, 2.45) is 0 Å². The Morgan fingerprint density at radius 3 is 2.57 bits per heavy atom. The normalized spacial score (nSPS) is 16.6. The molecule has 2 aromatic rings. The molecule has 0 atom stereocenters. The fraction of sp³-hybridized carbons (Fsp3) is 0.385. The Morgan fingerprint density at radius 1 is 1.29 bits per heavy atom. The quantitative estimate of drug-likeness (QED) is 0.821. The maximum atomic E-state index is 12.4. The van der Waals surface area contributed by atoms with E-state index in [1.54, 1.807) is 41.3 Å². The minimum atomic E-state index is -3.44. The van der Waals surface area contributed by atoms with E-state index in [2.05, 4.69) is 10.3 Å². The van der Waals surface area contributed by atoms with Crippen molar-refractivity contribution in [1.82, 2.24) is 19.3 Å². The lowest BCUT2D eigenvalue weighted by atomic mass is 10.2. The third-order valence-electron chi connectivity index (χ3n) is 3.42. The highest BCUT2D eigenvalue weighted by molar-refractivity contribution is 7.89. The predicted molar refractivity (Wildman–Crippen MR) is 75.4 cm³/mol. The first-order chi connectivity index (χ1) is 10.1.